The Balaban J connectivity index is 2.61. The fourth-order valence-electron chi connectivity index (χ4n) is 2.16. The molecule has 0 aliphatic rings. The average molecular weight is 272 g/mol. The van der Waals surface area contributed by atoms with Gasteiger partial charge in [-0.3, -0.25) is 0 Å². The summed E-state index contributed by atoms with van der Waals surface area (Å²) in [7, 11) is 2.02. The fourth-order valence-corrected chi connectivity index (χ4v) is 3.36. The van der Waals surface area contributed by atoms with Crippen LogP contribution in [0.15, 0.2) is 30.6 Å². The van der Waals surface area contributed by atoms with E-state index in [1.807, 2.05) is 24.0 Å². The Bertz CT molecular complexity index is 689. The Labute approximate surface area is 118 Å². The fraction of sp³-hybridized carbons (Fsp3) is 0.312. The molecule has 3 heteroatoms. The van der Waals surface area contributed by atoms with Gasteiger partial charge in [0.2, 0.25) is 0 Å². The van der Waals surface area contributed by atoms with E-state index in [1.54, 1.807) is 11.3 Å². The molecule has 0 saturated heterocycles. The van der Waals surface area contributed by atoms with E-state index in [1.165, 1.54) is 15.0 Å². The molecule has 0 fully saturated rings. The highest BCUT2D eigenvalue weighted by molar-refractivity contribution is 7.13. The summed E-state index contributed by atoms with van der Waals surface area (Å²) >= 11 is 1.79. The molecule has 2 heterocycles. The van der Waals surface area contributed by atoms with Crippen molar-refractivity contribution < 1.29 is 0 Å². The molecule has 0 aromatic carbocycles. The SMILES string of the molecule is C=c1cc(-c2nccn2C)s/c1=C(/C=C\C)CCC. The van der Waals surface area contributed by atoms with Crippen LogP contribution in [-0.2, 0) is 7.05 Å². The topological polar surface area (TPSA) is 17.8 Å². The third kappa shape index (κ3) is 2.87. The number of thiophene rings is 1. The number of aryl methyl sites for hydroxylation is 1. The third-order valence-corrected chi connectivity index (χ3v) is 4.28. The van der Waals surface area contributed by atoms with Gasteiger partial charge in [0.1, 0.15) is 5.82 Å². The van der Waals surface area contributed by atoms with Gasteiger partial charge < -0.3 is 4.57 Å². The summed E-state index contributed by atoms with van der Waals surface area (Å²) in [6.07, 6.45) is 10.3. The van der Waals surface area contributed by atoms with Gasteiger partial charge >= 0.3 is 0 Å². The highest BCUT2D eigenvalue weighted by atomic mass is 32.1. The molecule has 2 aromatic rings. The van der Waals surface area contributed by atoms with Crippen LogP contribution in [0.4, 0.5) is 0 Å². The molecule has 0 amide bonds. The normalized spacial score (nSPS) is 13.2. The van der Waals surface area contributed by atoms with E-state index >= 15 is 0 Å². The van der Waals surface area contributed by atoms with Crippen LogP contribution in [0.5, 0.6) is 0 Å². The van der Waals surface area contributed by atoms with Crippen molar-refractivity contribution in [2.75, 3.05) is 0 Å². The number of allylic oxidation sites excluding steroid dienone is 2. The van der Waals surface area contributed by atoms with E-state index < -0.39 is 0 Å². The Morgan fingerprint density at radius 3 is 2.89 bits per heavy atom. The maximum absolute atomic E-state index is 4.41. The van der Waals surface area contributed by atoms with Gasteiger partial charge in [0.25, 0.3) is 0 Å². The summed E-state index contributed by atoms with van der Waals surface area (Å²) in [5.74, 6) is 1.01. The van der Waals surface area contributed by atoms with Crippen molar-refractivity contribution in [3.63, 3.8) is 0 Å². The van der Waals surface area contributed by atoms with Crippen molar-refractivity contribution in [2.24, 2.45) is 7.05 Å². The van der Waals surface area contributed by atoms with Crippen LogP contribution in [0, 0.1) is 0 Å². The molecule has 0 unspecified atom stereocenters. The lowest BCUT2D eigenvalue weighted by Crippen LogP contribution is -2.18. The molecule has 19 heavy (non-hydrogen) atoms. The molecular formula is C16H20N2S. The molecule has 0 atom stereocenters. The quantitative estimate of drug-likeness (QED) is 0.836. The lowest BCUT2D eigenvalue weighted by molar-refractivity contribution is 0.928. The predicted molar refractivity (Wildman–Crippen MR) is 84.4 cm³/mol. The van der Waals surface area contributed by atoms with Gasteiger partial charge in [-0.05, 0) is 30.2 Å². The lowest BCUT2D eigenvalue weighted by Gasteiger charge is -1.98. The summed E-state index contributed by atoms with van der Waals surface area (Å²) in [5.41, 5.74) is 1.38. The van der Waals surface area contributed by atoms with Crippen molar-refractivity contribution in [2.45, 2.75) is 26.7 Å². The zero-order valence-electron chi connectivity index (χ0n) is 11.8. The predicted octanol–water partition coefficient (Wildman–Crippen LogP) is 3.09. The second-order valence-electron chi connectivity index (χ2n) is 4.60. The van der Waals surface area contributed by atoms with Crippen molar-refractivity contribution in [1.29, 1.82) is 0 Å². The smallest absolute Gasteiger partial charge is 0.149 e. The Morgan fingerprint density at radius 1 is 1.53 bits per heavy atom. The molecule has 0 bridgehead atoms. The summed E-state index contributed by atoms with van der Waals surface area (Å²) in [6, 6.07) is 2.14. The van der Waals surface area contributed by atoms with Crippen LogP contribution in [0.25, 0.3) is 22.9 Å². The van der Waals surface area contributed by atoms with Crippen LogP contribution in [0.1, 0.15) is 26.7 Å². The minimum absolute atomic E-state index is 1.01. The minimum Gasteiger partial charge on any atom is -0.333 e. The minimum atomic E-state index is 1.01. The summed E-state index contributed by atoms with van der Waals surface area (Å²) in [4.78, 5) is 5.60. The monoisotopic (exact) mass is 272 g/mol. The van der Waals surface area contributed by atoms with Gasteiger partial charge in [0, 0.05) is 24.0 Å². The van der Waals surface area contributed by atoms with E-state index in [9.17, 15) is 0 Å². The molecule has 2 rings (SSSR count). The third-order valence-electron chi connectivity index (χ3n) is 3.03. The second kappa shape index (κ2) is 6.02. The molecule has 0 aliphatic heterocycles. The van der Waals surface area contributed by atoms with E-state index in [4.69, 9.17) is 0 Å². The van der Waals surface area contributed by atoms with Crippen molar-refractivity contribution >= 4 is 23.5 Å². The number of nitrogens with zero attached hydrogens (tertiary/aromatic N) is 2. The number of hydrogen-bond donors (Lipinski definition) is 0. The molecule has 0 N–H and O–H groups in total. The maximum atomic E-state index is 4.41. The summed E-state index contributed by atoms with van der Waals surface area (Å²) in [5, 5.41) is 1.10. The maximum Gasteiger partial charge on any atom is 0.149 e. The molecule has 2 aromatic heterocycles. The highest BCUT2D eigenvalue weighted by Crippen LogP contribution is 2.18. The number of imidazole rings is 1. The Kier molecular flexibility index (Phi) is 4.38. The summed E-state index contributed by atoms with van der Waals surface area (Å²) < 4.78 is 3.34. The molecule has 0 aliphatic carbocycles. The van der Waals surface area contributed by atoms with Crippen LogP contribution in [-0.4, -0.2) is 9.55 Å². The van der Waals surface area contributed by atoms with Crippen LogP contribution in [0.2, 0.25) is 0 Å². The van der Waals surface area contributed by atoms with Crippen LogP contribution in [0.3, 0.4) is 0 Å². The van der Waals surface area contributed by atoms with E-state index in [0.29, 0.717) is 0 Å². The number of rotatable bonds is 4. The number of aromatic nitrogens is 2. The van der Waals surface area contributed by atoms with Crippen LogP contribution < -0.4 is 9.75 Å². The first-order chi connectivity index (χ1) is 9.17. The van der Waals surface area contributed by atoms with Gasteiger partial charge in [-0.1, -0.05) is 32.1 Å². The van der Waals surface area contributed by atoms with Gasteiger partial charge in [0.15, 0.2) is 0 Å². The average Bonchev–Trinajstić information content (AvgIpc) is 2.95. The first-order valence-electron chi connectivity index (χ1n) is 6.59. The zero-order chi connectivity index (χ0) is 13.8. The first kappa shape index (κ1) is 13.8. The summed E-state index contributed by atoms with van der Waals surface area (Å²) in [6.45, 7) is 8.45. The lowest BCUT2D eigenvalue weighted by atomic mass is 10.1. The van der Waals surface area contributed by atoms with E-state index in [2.05, 4.69) is 43.6 Å². The second-order valence-corrected chi connectivity index (χ2v) is 5.65. The molecule has 100 valence electrons. The van der Waals surface area contributed by atoms with Gasteiger partial charge in [0.05, 0.1) is 4.88 Å². The van der Waals surface area contributed by atoms with Gasteiger partial charge in [-0.25, -0.2) is 4.98 Å². The largest absolute Gasteiger partial charge is 0.333 e. The first-order valence-corrected chi connectivity index (χ1v) is 7.41. The van der Waals surface area contributed by atoms with Gasteiger partial charge in [-0.15, -0.1) is 11.3 Å². The van der Waals surface area contributed by atoms with E-state index in [-0.39, 0.29) is 0 Å². The highest BCUT2D eigenvalue weighted by Gasteiger charge is 2.07. The number of hydrogen-bond acceptors (Lipinski definition) is 2. The van der Waals surface area contributed by atoms with Crippen molar-refractivity contribution in [3.05, 3.63) is 40.4 Å². The van der Waals surface area contributed by atoms with E-state index in [0.717, 1.165) is 23.9 Å². The molecule has 0 saturated carbocycles. The Hall–Kier alpha value is -1.61. The van der Waals surface area contributed by atoms with Gasteiger partial charge in [-0.2, -0.15) is 0 Å². The van der Waals surface area contributed by atoms with Crippen molar-refractivity contribution in [3.8, 4) is 10.7 Å². The standard InChI is InChI=1S/C16H20N2S/c1-5-7-13(8-6-2)15-12(3)11-14(19-15)16-17-9-10-18(16)4/h5,7,9-11H,3,6,8H2,1-2,4H3/b7-5-,15-13-. The van der Waals surface area contributed by atoms with Crippen molar-refractivity contribution in [1.82, 2.24) is 9.55 Å². The zero-order valence-corrected chi connectivity index (χ0v) is 12.6. The Morgan fingerprint density at radius 2 is 2.32 bits per heavy atom. The van der Waals surface area contributed by atoms with Crippen LogP contribution >= 0.6 is 11.3 Å². The molecular weight excluding hydrogens is 252 g/mol. The molecule has 2 nitrogen and oxygen atoms in total. The molecule has 0 radical (unpaired) electrons. The molecule has 0 spiro atoms.